The summed E-state index contributed by atoms with van der Waals surface area (Å²) in [5.41, 5.74) is 2.58. The van der Waals surface area contributed by atoms with Crippen molar-refractivity contribution in [2.75, 3.05) is 6.54 Å². The van der Waals surface area contributed by atoms with Gasteiger partial charge in [-0.05, 0) is 31.9 Å². The summed E-state index contributed by atoms with van der Waals surface area (Å²) in [6.07, 6.45) is 2.84. The third kappa shape index (κ3) is 4.03. The van der Waals surface area contributed by atoms with E-state index in [9.17, 15) is 9.59 Å². The Bertz CT molecular complexity index is 645. The fraction of sp³-hybridized carbons (Fsp3) is 0.529. The molecule has 0 saturated heterocycles. The topological polar surface area (TPSA) is 78.9 Å². The third-order valence-electron chi connectivity index (χ3n) is 4.86. The normalized spacial score (nSPS) is 21.3. The number of rotatable bonds is 2. The molecule has 1 aliphatic heterocycles. The number of ether oxygens (including phenoxy) is 1. The maximum absolute atomic E-state index is 12.8. The van der Waals surface area contributed by atoms with Crippen LogP contribution in [0.5, 0.6) is 5.75 Å². The molecule has 2 aliphatic rings. The Kier molecular flexibility index (Phi) is 6.86. The standard InChI is InChI=1S/C17H22N2O4.Cs/c1-11-9-19(16(21)17(2)6-3-7-17)10-13-5-4-12(15(20)18-22)8-14(13)23-11;/h4-5,8,11,22H,3,6-7,9-10H2,1-2H3,(H,18,20);/t11-;/m0./s1. The molecule has 1 heterocycles. The van der Waals surface area contributed by atoms with Crippen molar-refractivity contribution in [3.05, 3.63) is 29.3 Å². The Morgan fingerprint density at radius 3 is 2.67 bits per heavy atom. The van der Waals surface area contributed by atoms with E-state index in [2.05, 4.69) is 0 Å². The molecule has 1 aromatic carbocycles. The second-order valence-electron chi connectivity index (χ2n) is 6.79. The second-order valence-corrected chi connectivity index (χ2v) is 6.79. The van der Waals surface area contributed by atoms with Crippen LogP contribution in [0.25, 0.3) is 0 Å². The first-order chi connectivity index (χ1) is 10.9. The number of benzene rings is 1. The fourth-order valence-electron chi connectivity index (χ4n) is 3.29. The van der Waals surface area contributed by atoms with Crippen LogP contribution in [0.2, 0.25) is 0 Å². The van der Waals surface area contributed by atoms with E-state index >= 15 is 0 Å². The van der Waals surface area contributed by atoms with Crippen molar-refractivity contribution in [2.24, 2.45) is 5.41 Å². The van der Waals surface area contributed by atoms with Gasteiger partial charge in [0.1, 0.15) is 11.9 Å². The van der Waals surface area contributed by atoms with E-state index in [1.807, 2.05) is 18.7 Å². The van der Waals surface area contributed by atoms with Crippen molar-refractivity contribution in [3.8, 4) is 5.75 Å². The molecule has 0 aromatic heterocycles. The van der Waals surface area contributed by atoms with Crippen LogP contribution in [0, 0.1) is 5.41 Å². The van der Waals surface area contributed by atoms with E-state index < -0.39 is 5.91 Å². The van der Waals surface area contributed by atoms with Crippen LogP contribution in [0.1, 0.15) is 49.0 Å². The number of hydrogen-bond acceptors (Lipinski definition) is 4. The van der Waals surface area contributed by atoms with Crippen molar-refractivity contribution >= 4 is 80.7 Å². The monoisotopic (exact) mass is 451 g/mol. The van der Waals surface area contributed by atoms with Gasteiger partial charge in [0.2, 0.25) is 5.91 Å². The number of hydrogen-bond donors (Lipinski definition) is 2. The number of nitrogens with one attached hydrogen (secondary N) is 1. The molecule has 1 atom stereocenters. The predicted octanol–water partition coefficient (Wildman–Crippen LogP) is 1.72. The Labute approximate surface area is 200 Å². The molecule has 7 heteroatoms. The average Bonchev–Trinajstić information content (AvgIpc) is 2.68. The summed E-state index contributed by atoms with van der Waals surface area (Å²) in [6, 6.07) is 5.01. The van der Waals surface area contributed by atoms with Gasteiger partial charge in [0, 0.05) is 92.0 Å². The molecular formula is C17H22CsN2O4. The van der Waals surface area contributed by atoms with E-state index in [0.717, 1.165) is 24.8 Å². The Morgan fingerprint density at radius 1 is 1.38 bits per heavy atom. The third-order valence-corrected chi connectivity index (χ3v) is 4.86. The van der Waals surface area contributed by atoms with E-state index in [-0.39, 0.29) is 86.3 Å². The molecule has 0 bridgehead atoms. The first-order valence-electron chi connectivity index (χ1n) is 7.96. The minimum atomic E-state index is -0.580. The second kappa shape index (κ2) is 8.11. The van der Waals surface area contributed by atoms with Crippen LogP contribution in [0.4, 0.5) is 0 Å². The van der Waals surface area contributed by atoms with Crippen LogP contribution in [-0.2, 0) is 11.3 Å². The maximum Gasteiger partial charge on any atom is 0.274 e. The van der Waals surface area contributed by atoms with Gasteiger partial charge >= 0.3 is 0 Å². The molecule has 2 amide bonds. The molecule has 2 N–H and O–H groups in total. The number of carbonyl (C=O) groups is 2. The Hall–Kier alpha value is -0.0281. The van der Waals surface area contributed by atoms with Crippen molar-refractivity contribution in [1.29, 1.82) is 0 Å². The van der Waals surface area contributed by atoms with Gasteiger partial charge in [-0.25, -0.2) is 5.48 Å². The van der Waals surface area contributed by atoms with Gasteiger partial charge in [0.15, 0.2) is 0 Å². The van der Waals surface area contributed by atoms with Gasteiger partial charge in [-0.15, -0.1) is 0 Å². The van der Waals surface area contributed by atoms with Crippen molar-refractivity contribution in [3.63, 3.8) is 0 Å². The number of nitrogens with zero attached hydrogens (tertiary/aromatic N) is 1. The number of hydroxylamine groups is 1. The summed E-state index contributed by atoms with van der Waals surface area (Å²) in [7, 11) is 0. The molecule has 24 heavy (non-hydrogen) atoms. The summed E-state index contributed by atoms with van der Waals surface area (Å²) in [6.45, 7) is 4.96. The zero-order chi connectivity index (χ0) is 16.6. The van der Waals surface area contributed by atoms with Gasteiger partial charge in [-0.2, -0.15) is 0 Å². The van der Waals surface area contributed by atoms with Crippen molar-refractivity contribution in [2.45, 2.75) is 45.8 Å². The van der Waals surface area contributed by atoms with Gasteiger partial charge in [0.25, 0.3) is 5.91 Å². The summed E-state index contributed by atoms with van der Waals surface area (Å²) in [4.78, 5) is 26.2. The van der Waals surface area contributed by atoms with E-state index in [1.54, 1.807) is 23.7 Å². The van der Waals surface area contributed by atoms with Crippen molar-refractivity contribution in [1.82, 2.24) is 10.4 Å². The molecule has 1 aliphatic carbocycles. The van der Waals surface area contributed by atoms with Gasteiger partial charge in [-0.3, -0.25) is 14.8 Å². The molecule has 0 spiro atoms. The number of amides is 2. The molecule has 1 saturated carbocycles. The van der Waals surface area contributed by atoms with Crippen molar-refractivity contribution < 1.29 is 19.5 Å². The van der Waals surface area contributed by atoms with Crippen LogP contribution >= 0.6 is 0 Å². The van der Waals surface area contributed by atoms with Gasteiger partial charge < -0.3 is 9.64 Å². The zero-order valence-corrected chi connectivity index (χ0v) is 20.7. The largest absolute Gasteiger partial charge is 0.488 e. The van der Waals surface area contributed by atoms with E-state index in [0.29, 0.717) is 24.4 Å². The predicted molar refractivity (Wildman–Crippen MR) is 88.9 cm³/mol. The molecule has 1 radical (unpaired) electrons. The van der Waals surface area contributed by atoms with E-state index in [4.69, 9.17) is 9.94 Å². The first-order valence-corrected chi connectivity index (χ1v) is 7.96. The number of fused-ring (bicyclic) bond motifs is 1. The summed E-state index contributed by atoms with van der Waals surface area (Å²) < 4.78 is 5.88. The van der Waals surface area contributed by atoms with Gasteiger partial charge in [-0.1, -0.05) is 19.4 Å². The average molecular weight is 451 g/mol. The zero-order valence-electron chi connectivity index (χ0n) is 14.5. The fourth-order valence-corrected chi connectivity index (χ4v) is 3.29. The SMILES string of the molecule is C[C@H]1CN(C(=O)C2(C)CCC2)Cc2ccc(C(=O)NO)cc2O1.[Cs]. The molecule has 0 unspecified atom stereocenters. The summed E-state index contributed by atoms with van der Waals surface area (Å²) in [5, 5.41) is 8.74. The molecule has 6 nitrogen and oxygen atoms in total. The minimum Gasteiger partial charge on any atom is -0.488 e. The van der Waals surface area contributed by atoms with Crippen LogP contribution < -0.4 is 10.2 Å². The Balaban J connectivity index is 0.00000208. The van der Waals surface area contributed by atoms with Crippen LogP contribution in [0.3, 0.4) is 0 Å². The Morgan fingerprint density at radius 2 is 2.08 bits per heavy atom. The maximum atomic E-state index is 12.8. The molecule has 3 rings (SSSR count). The quantitative estimate of drug-likeness (QED) is 0.531. The smallest absolute Gasteiger partial charge is 0.274 e. The van der Waals surface area contributed by atoms with Crippen LogP contribution in [0.15, 0.2) is 18.2 Å². The minimum absolute atomic E-state index is 0. The molecule has 125 valence electrons. The van der Waals surface area contributed by atoms with Gasteiger partial charge in [0.05, 0.1) is 6.54 Å². The van der Waals surface area contributed by atoms with E-state index in [1.165, 1.54) is 0 Å². The summed E-state index contributed by atoms with van der Waals surface area (Å²) in [5.74, 6) is 0.195. The first kappa shape index (κ1) is 20.3. The number of carbonyl (C=O) groups excluding carboxylic acids is 2. The molecular weight excluding hydrogens is 429 g/mol. The summed E-state index contributed by atoms with van der Waals surface area (Å²) >= 11 is 0. The molecule has 1 fully saturated rings. The molecule has 1 aromatic rings. The van der Waals surface area contributed by atoms with Crippen LogP contribution in [-0.4, -0.2) is 103 Å².